The normalized spacial score (nSPS) is 21.5. The van der Waals surface area contributed by atoms with Crippen molar-refractivity contribution in [2.24, 2.45) is 7.05 Å². The summed E-state index contributed by atoms with van der Waals surface area (Å²) in [4.78, 5) is 13.1. The van der Waals surface area contributed by atoms with Gasteiger partial charge >= 0.3 is 5.69 Å². The SMILES string of the molecule is Cn1nc(C2CCN(S(=O)(=O)c3ccc4c(c3)CCCC4)CC2)n(C2CCCC2)c1=O. The molecule has 2 heterocycles. The molecule has 1 saturated heterocycles. The van der Waals surface area contributed by atoms with E-state index in [1.807, 2.05) is 16.7 Å². The van der Waals surface area contributed by atoms with Crippen LogP contribution < -0.4 is 5.69 Å². The highest BCUT2D eigenvalue weighted by Crippen LogP contribution is 2.35. The summed E-state index contributed by atoms with van der Waals surface area (Å²) in [7, 11) is -1.78. The van der Waals surface area contributed by atoms with Gasteiger partial charge in [0.25, 0.3) is 0 Å². The summed E-state index contributed by atoms with van der Waals surface area (Å²) in [5.74, 6) is 0.981. The molecule has 0 spiro atoms. The standard InChI is InChI=1S/C23H32N4O3S/c1-25-23(28)27(20-8-4-5-9-20)22(24-25)18-12-14-26(15-13-18)31(29,30)21-11-10-17-6-2-3-7-19(17)16-21/h10-11,16,18,20H,2-9,12-15H2,1H3. The zero-order chi connectivity index (χ0) is 21.6. The minimum Gasteiger partial charge on any atom is -0.276 e. The molecule has 168 valence electrons. The first kappa shape index (κ1) is 20.9. The lowest BCUT2D eigenvalue weighted by atomic mass is 9.92. The van der Waals surface area contributed by atoms with Crippen LogP contribution in [0, 0.1) is 0 Å². The van der Waals surface area contributed by atoms with Gasteiger partial charge in [-0.2, -0.15) is 9.40 Å². The average Bonchev–Trinajstić information content (AvgIpc) is 3.42. The molecule has 1 aromatic heterocycles. The van der Waals surface area contributed by atoms with Crippen molar-refractivity contribution in [2.45, 2.75) is 81.1 Å². The fraction of sp³-hybridized carbons (Fsp3) is 0.652. The van der Waals surface area contributed by atoms with E-state index >= 15 is 0 Å². The lowest BCUT2D eigenvalue weighted by Gasteiger charge is -2.31. The zero-order valence-electron chi connectivity index (χ0n) is 18.3. The number of sulfonamides is 1. The Morgan fingerprint density at radius 2 is 1.61 bits per heavy atom. The van der Waals surface area contributed by atoms with Crippen LogP contribution in [0.1, 0.15) is 80.3 Å². The molecule has 1 aliphatic heterocycles. The average molecular weight is 445 g/mol. The number of aryl methyl sites for hydroxylation is 3. The van der Waals surface area contributed by atoms with Gasteiger partial charge in [0.1, 0.15) is 5.82 Å². The molecule has 2 aliphatic carbocycles. The van der Waals surface area contributed by atoms with Gasteiger partial charge in [0.15, 0.2) is 0 Å². The largest absolute Gasteiger partial charge is 0.345 e. The molecule has 0 atom stereocenters. The smallest absolute Gasteiger partial charge is 0.276 e. The summed E-state index contributed by atoms with van der Waals surface area (Å²) >= 11 is 0. The summed E-state index contributed by atoms with van der Waals surface area (Å²) < 4.78 is 31.6. The van der Waals surface area contributed by atoms with E-state index in [2.05, 4.69) is 5.10 Å². The first-order chi connectivity index (χ1) is 14.9. The number of benzene rings is 1. The molecule has 31 heavy (non-hydrogen) atoms. The molecule has 0 radical (unpaired) electrons. The molecule has 2 aromatic rings. The third-order valence-corrected chi connectivity index (χ3v) is 9.34. The molecule has 0 N–H and O–H groups in total. The third kappa shape index (κ3) is 3.78. The van der Waals surface area contributed by atoms with E-state index in [1.165, 1.54) is 22.2 Å². The first-order valence-electron chi connectivity index (χ1n) is 11.7. The van der Waals surface area contributed by atoms with Crippen molar-refractivity contribution >= 4 is 10.0 Å². The second kappa shape index (κ2) is 8.20. The number of rotatable bonds is 4. The van der Waals surface area contributed by atoms with E-state index in [0.29, 0.717) is 30.8 Å². The van der Waals surface area contributed by atoms with Gasteiger partial charge in [-0.15, -0.1) is 0 Å². The van der Waals surface area contributed by atoms with Gasteiger partial charge in [0.05, 0.1) is 4.90 Å². The topological polar surface area (TPSA) is 77.2 Å². The highest BCUT2D eigenvalue weighted by Gasteiger charge is 2.34. The summed E-state index contributed by atoms with van der Waals surface area (Å²) in [5, 5.41) is 4.57. The number of nitrogens with zero attached hydrogens (tertiary/aromatic N) is 4. The minimum atomic E-state index is -3.49. The Bertz CT molecular complexity index is 1120. The van der Waals surface area contributed by atoms with E-state index in [4.69, 9.17) is 0 Å². The van der Waals surface area contributed by atoms with Gasteiger partial charge in [-0.3, -0.25) is 4.57 Å². The third-order valence-electron chi connectivity index (χ3n) is 7.45. The molecule has 7 nitrogen and oxygen atoms in total. The van der Waals surface area contributed by atoms with Crippen LogP contribution in [0.25, 0.3) is 0 Å². The van der Waals surface area contributed by atoms with Crippen molar-refractivity contribution < 1.29 is 8.42 Å². The lowest BCUT2D eigenvalue weighted by Crippen LogP contribution is -2.38. The van der Waals surface area contributed by atoms with Crippen LogP contribution in [0.15, 0.2) is 27.9 Å². The summed E-state index contributed by atoms with van der Waals surface area (Å²) in [6.07, 6.45) is 10.1. The van der Waals surface area contributed by atoms with Crippen molar-refractivity contribution in [3.05, 3.63) is 45.6 Å². The molecule has 0 unspecified atom stereocenters. The maximum Gasteiger partial charge on any atom is 0.345 e. The summed E-state index contributed by atoms with van der Waals surface area (Å²) in [6.45, 7) is 0.943. The lowest BCUT2D eigenvalue weighted by molar-refractivity contribution is 0.304. The maximum atomic E-state index is 13.3. The molecule has 8 heteroatoms. The van der Waals surface area contributed by atoms with E-state index in [9.17, 15) is 13.2 Å². The van der Waals surface area contributed by atoms with Crippen LogP contribution in [-0.2, 0) is 29.9 Å². The van der Waals surface area contributed by atoms with Gasteiger partial charge in [0.2, 0.25) is 10.0 Å². The van der Waals surface area contributed by atoms with Crippen LogP contribution >= 0.6 is 0 Å². The second-order valence-electron chi connectivity index (χ2n) is 9.39. The van der Waals surface area contributed by atoms with Crippen LogP contribution in [-0.4, -0.2) is 40.2 Å². The Kier molecular flexibility index (Phi) is 5.54. The van der Waals surface area contributed by atoms with Gasteiger partial charge in [-0.1, -0.05) is 18.9 Å². The highest BCUT2D eigenvalue weighted by atomic mass is 32.2. The molecule has 5 rings (SSSR count). The first-order valence-corrected chi connectivity index (χ1v) is 13.2. The molecule has 0 bridgehead atoms. The van der Waals surface area contributed by atoms with E-state index in [1.54, 1.807) is 17.4 Å². The van der Waals surface area contributed by atoms with Crippen molar-refractivity contribution in [3.8, 4) is 0 Å². The van der Waals surface area contributed by atoms with Crippen LogP contribution in [0.3, 0.4) is 0 Å². The summed E-state index contributed by atoms with van der Waals surface area (Å²) in [6, 6.07) is 5.92. The Labute approximate surface area is 184 Å². The molecular formula is C23H32N4O3S. The van der Waals surface area contributed by atoms with Crippen molar-refractivity contribution in [1.29, 1.82) is 0 Å². The second-order valence-corrected chi connectivity index (χ2v) is 11.3. The van der Waals surface area contributed by atoms with Crippen molar-refractivity contribution in [2.75, 3.05) is 13.1 Å². The fourth-order valence-corrected chi connectivity index (χ4v) is 7.18. The van der Waals surface area contributed by atoms with Crippen LogP contribution in [0.2, 0.25) is 0 Å². The zero-order valence-corrected chi connectivity index (χ0v) is 19.1. The minimum absolute atomic E-state index is 0.0361. The molecule has 2 fully saturated rings. The molecule has 1 saturated carbocycles. The predicted octanol–water partition coefficient (Wildman–Crippen LogP) is 3.14. The quantitative estimate of drug-likeness (QED) is 0.726. The summed E-state index contributed by atoms with van der Waals surface area (Å²) in [5.41, 5.74) is 2.45. The van der Waals surface area contributed by atoms with Gasteiger partial charge in [-0.25, -0.2) is 17.9 Å². The Morgan fingerprint density at radius 3 is 2.32 bits per heavy atom. The van der Waals surface area contributed by atoms with Crippen molar-refractivity contribution in [3.63, 3.8) is 0 Å². The number of fused-ring (bicyclic) bond motifs is 1. The van der Waals surface area contributed by atoms with E-state index < -0.39 is 10.0 Å². The Hall–Kier alpha value is -1.93. The van der Waals surface area contributed by atoms with Gasteiger partial charge in [0, 0.05) is 32.1 Å². The molecule has 3 aliphatic rings. The monoisotopic (exact) mass is 444 g/mol. The number of hydrogen-bond donors (Lipinski definition) is 0. The maximum absolute atomic E-state index is 13.3. The number of piperidine rings is 1. The van der Waals surface area contributed by atoms with Crippen LogP contribution in [0.5, 0.6) is 0 Å². The van der Waals surface area contributed by atoms with E-state index in [-0.39, 0.29) is 17.6 Å². The fourth-order valence-electron chi connectivity index (χ4n) is 5.66. The number of hydrogen-bond acceptors (Lipinski definition) is 4. The highest BCUT2D eigenvalue weighted by molar-refractivity contribution is 7.89. The van der Waals surface area contributed by atoms with Gasteiger partial charge in [-0.05, 0) is 74.6 Å². The van der Waals surface area contributed by atoms with E-state index in [0.717, 1.165) is 50.8 Å². The van der Waals surface area contributed by atoms with Gasteiger partial charge < -0.3 is 0 Å². The predicted molar refractivity (Wildman–Crippen MR) is 119 cm³/mol. The molecule has 1 aromatic carbocycles. The van der Waals surface area contributed by atoms with Crippen molar-refractivity contribution in [1.82, 2.24) is 18.7 Å². The Morgan fingerprint density at radius 1 is 0.935 bits per heavy atom. The number of aromatic nitrogens is 3. The van der Waals surface area contributed by atoms with Crippen LogP contribution in [0.4, 0.5) is 0 Å². The molecular weight excluding hydrogens is 412 g/mol. The Balaban J connectivity index is 1.34. The molecule has 0 amide bonds.